The maximum absolute atomic E-state index is 12.3. The van der Waals surface area contributed by atoms with Crippen LogP contribution in [0.15, 0.2) is 36.4 Å². The van der Waals surface area contributed by atoms with E-state index in [0.29, 0.717) is 24.7 Å². The fraction of sp³-hybridized carbons (Fsp3) is 0.421. The molecule has 0 saturated carbocycles. The number of aryl methyl sites for hydroxylation is 1. The summed E-state index contributed by atoms with van der Waals surface area (Å²) in [7, 11) is 1.61. The molecule has 0 unspecified atom stereocenters. The number of likely N-dealkylation sites (tertiary alicyclic amines) is 1. The molecular formula is C19H23N3O4. The van der Waals surface area contributed by atoms with Crippen LogP contribution < -0.4 is 14.2 Å². The fourth-order valence-corrected chi connectivity index (χ4v) is 2.75. The summed E-state index contributed by atoms with van der Waals surface area (Å²) in [5.41, 5.74) is 0.856. The van der Waals surface area contributed by atoms with E-state index >= 15 is 0 Å². The minimum absolute atomic E-state index is 0.0191. The van der Waals surface area contributed by atoms with Crippen LogP contribution >= 0.6 is 0 Å². The van der Waals surface area contributed by atoms with Crippen molar-refractivity contribution < 1.29 is 19.0 Å². The molecule has 1 aliphatic heterocycles. The Morgan fingerprint density at radius 2 is 1.77 bits per heavy atom. The highest BCUT2D eigenvalue weighted by molar-refractivity contribution is 5.77. The highest BCUT2D eigenvalue weighted by Crippen LogP contribution is 2.19. The van der Waals surface area contributed by atoms with E-state index in [2.05, 4.69) is 10.2 Å². The number of amides is 1. The van der Waals surface area contributed by atoms with E-state index in [1.54, 1.807) is 31.4 Å². The van der Waals surface area contributed by atoms with Crippen molar-refractivity contribution in [3.63, 3.8) is 0 Å². The monoisotopic (exact) mass is 357 g/mol. The summed E-state index contributed by atoms with van der Waals surface area (Å²) in [5, 5.41) is 8.01. The van der Waals surface area contributed by atoms with E-state index in [1.165, 1.54) is 0 Å². The van der Waals surface area contributed by atoms with Gasteiger partial charge in [0.15, 0.2) is 6.61 Å². The van der Waals surface area contributed by atoms with E-state index in [0.717, 1.165) is 24.3 Å². The molecule has 1 aliphatic rings. The Balaban J connectivity index is 1.42. The van der Waals surface area contributed by atoms with Crippen LogP contribution in [0.5, 0.6) is 17.4 Å². The molecular weight excluding hydrogens is 334 g/mol. The third-order valence-electron chi connectivity index (χ3n) is 4.28. The van der Waals surface area contributed by atoms with Crippen molar-refractivity contribution in [2.75, 3.05) is 26.8 Å². The topological polar surface area (TPSA) is 73.8 Å². The average Bonchev–Trinajstić information content (AvgIpc) is 2.69. The zero-order valence-electron chi connectivity index (χ0n) is 15.1. The van der Waals surface area contributed by atoms with Crippen LogP contribution in [0.3, 0.4) is 0 Å². The van der Waals surface area contributed by atoms with Gasteiger partial charge < -0.3 is 19.1 Å². The van der Waals surface area contributed by atoms with Crippen LogP contribution in [0.25, 0.3) is 0 Å². The van der Waals surface area contributed by atoms with E-state index < -0.39 is 0 Å². The van der Waals surface area contributed by atoms with Crippen molar-refractivity contribution in [1.82, 2.24) is 15.1 Å². The number of aromatic nitrogens is 2. The Labute approximate surface area is 152 Å². The second kappa shape index (κ2) is 8.51. The summed E-state index contributed by atoms with van der Waals surface area (Å²) in [5.74, 6) is 1.91. The number of benzene rings is 1. The fourth-order valence-electron chi connectivity index (χ4n) is 2.75. The molecule has 138 valence electrons. The quantitative estimate of drug-likeness (QED) is 0.789. The minimum Gasteiger partial charge on any atom is -0.497 e. The van der Waals surface area contributed by atoms with Gasteiger partial charge in [-0.3, -0.25) is 4.79 Å². The highest BCUT2D eigenvalue weighted by atomic mass is 16.5. The summed E-state index contributed by atoms with van der Waals surface area (Å²) in [6.07, 6.45) is 1.59. The summed E-state index contributed by atoms with van der Waals surface area (Å²) in [6.45, 7) is 3.21. The van der Waals surface area contributed by atoms with Crippen LogP contribution in [-0.2, 0) is 4.79 Å². The lowest BCUT2D eigenvalue weighted by Gasteiger charge is -2.31. The average molecular weight is 357 g/mol. The SMILES string of the molecule is COc1ccc(OCC(=O)N2CCC(Oc3ccc(C)nn3)CC2)cc1. The highest BCUT2D eigenvalue weighted by Gasteiger charge is 2.24. The molecule has 26 heavy (non-hydrogen) atoms. The molecule has 2 heterocycles. The zero-order chi connectivity index (χ0) is 18.4. The van der Waals surface area contributed by atoms with Crippen molar-refractivity contribution in [2.24, 2.45) is 0 Å². The van der Waals surface area contributed by atoms with Crippen molar-refractivity contribution in [3.05, 3.63) is 42.1 Å². The Bertz CT molecular complexity index is 711. The van der Waals surface area contributed by atoms with Gasteiger partial charge in [0.25, 0.3) is 5.91 Å². The van der Waals surface area contributed by atoms with Gasteiger partial charge in [-0.05, 0) is 37.3 Å². The largest absolute Gasteiger partial charge is 0.497 e. The third-order valence-corrected chi connectivity index (χ3v) is 4.28. The molecule has 1 aromatic heterocycles. The third kappa shape index (κ3) is 4.84. The molecule has 0 atom stereocenters. The molecule has 0 radical (unpaired) electrons. The van der Waals surface area contributed by atoms with Crippen LogP contribution in [0.1, 0.15) is 18.5 Å². The summed E-state index contributed by atoms with van der Waals surface area (Å²) >= 11 is 0. The first-order valence-corrected chi connectivity index (χ1v) is 8.65. The number of methoxy groups -OCH3 is 1. The number of rotatable bonds is 6. The van der Waals surface area contributed by atoms with Gasteiger partial charge in [-0.25, -0.2) is 0 Å². The standard InChI is InChI=1S/C19H23N3O4/c1-14-3-8-18(21-20-14)26-17-9-11-22(12-10-17)19(23)13-25-16-6-4-15(24-2)5-7-16/h3-8,17H,9-13H2,1-2H3. The number of hydrogen-bond donors (Lipinski definition) is 0. The molecule has 0 bridgehead atoms. The number of carbonyl (C=O) groups is 1. The predicted molar refractivity (Wildman–Crippen MR) is 95.5 cm³/mol. The van der Waals surface area contributed by atoms with Gasteiger partial charge >= 0.3 is 0 Å². The van der Waals surface area contributed by atoms with Crippen molar-refractivity contribution in [3.8, 4) is 17.4 Å². The molecule has 7 heteroatoms. The number of hydrogen-bond acceptors (Lipinski definition) is 6. The lowest BCUT2D eigenvalue weighted by atomic mass is 10.1. The molecule has 0 N–H and O–H groups in total. The first-order chi connectivity index (χ1) is 12.6. The second-order valence-electron chi connectivity index (χ2n) is 6.18. The number of nitrogens with zero attached hydrogens (tertiary/aromatic N) is 3. The van der Waals surface area contributed by atoms with E-state index in [4.69, 9.17) is 14.2 Å². The molecule has 1 aromatic carbocycles. The van der Waals surface area contributed by atoms with Gasteiger partial charge in [0.1, 0.15) is 17.6 Å². The Kier molecular flexibility index (Phi) is 5.88. The second-order valence-corrected chi connectivity index (χ2v) is 6.18. The van der Waals surface area contributed by atoms with E-state index in [-0.39, 0.29) is 18.6 Å². The zero-order valence-corrected chi connectivity index (χ0v) is 15.1. The van der Waals surface area contributed by atoms with Gasteiger partial charge in [0.2, 0.25) is 5.88 Å². The van der Waals surface area contributed by atoms with Gasteiger partial charge in [-0.1, -0.05) is 0 Å². The van der Waals surface area contributed by atoms with Crippen molar-refractivity contribution >= 4 is 5.91 Å². The molecule has 7 nitrogen and oxygen atoms in total. The molecule has 1 amide bonds. The maximum Gasteiger partial charge on any atom is 0.260 e. The molecule has 0 spiro atoms. The Morgan fingerprint density at radius 1 is 1.08 bits per heavy atom. The van der Waals surface area contributed by atoms with Crippen LogP contribution in [0.2, 0.25) is 0 Å². The van der Waals surface area contributed by atoms with Crippen molar-refractivity contribution in [1.29, 1.82) is 0 Å². The molecule has 2 aromatic rings. The summed E-state index contributed by atoms with van der Waals surface area (Å²) in [6, 6.07) is 10.9. The van der Waals surface area contributed by atoms with Crippen LogP contribution in [-0.4, -0.2) is 53.9 Å². The first-order valence-electron chi connectivity index (χ1n) is 8.65. The van der Waals surface area contributed by atoms with Gasteiger partial charge in [-0.15, -0.1) is 5.10 Å². The predicted octanol–water partition coefficient (Wildman–Crippen LogP) is 2.24. The van der Waals surface area contributed by atoms with Gasteiger partial charge in [0, 0.05) is 32.0 Å². The molecule has 0 aliphatic carbocycles. The molecule has 1 fully saturated rings. The number of piperidine rings is 1. The Hall–Kier alpha value is -2.83. The summed E-state index contributed by atoms with van der Waals surface area (Å²) < 4.78 is 16.5. The van der Waals surface area contributed by atoms with Gasteiger partial charge in [-0.2, -0.15) is 5.10 Å². The molecule has 3 rings (SSSR count). The smallest absolute Gasteiger partial charge is 0.260 e. The van der Waals surface area contributed by atoms with E-state index in [1.807, 2.05) is 24.0 Å². The first kappa shape index (κ1) is 18.0. The van der Waals surface area contributed by atoms with Crippen molar-refractivity contribution in [2.45, 2.75) is 25.9 Å². The van der Waals surface area contributed by atoms with Crippen LogP contribution in [0, 0.1) is 6.92 Å². The maximum atomic E-state index is 12.3. The normalized spacial score (nSPS) is 14.8. The summed E-state index contributed by atoms with van der Waals surface area (Å²) in [4.78, 5) is 14.1. The van der Waals surface area contributed by atoms with Gasteiger partial charge in [0.05, 0.1) is 12.8 Å². The van der Waals surface area contributed by atoms with E-state index in [9.17, 15) is 4.79 Å². The Morgan fingerprint density at radius 3 is 2.38 bits per heavy atom. The van der Waals surface area contributed by atoms with Crippen LogP contribution in [0.4, 0.5) is 0 Å². The number of ether oxygens (including phenoxy) is 3. The lowest BCUT2D eigenvalue weighted by molar-refractivity contribution is -0.135. The minimum atomic E-state index is -0.0191. The lowest BCUT2D eigenvalue weighted by Crippen LogP contribution is -2.43. The molecule has 1 saturated heterocycles. The number of carbonyl (C=O) groups excluding carboxylic acids is 1.